The number of rotatable bonds is 7. The van der Waals surface area contributed by atoms with Crippen LogP contribution >= 0.6 is 0 Å². The monoisotopic (exact) mass is 536 g/mol. The van der Waals surface area contributed by atoms with E-state index in [1.807, 2.05) is 18.6 Å². The van der Waals surface area contributed by atoms with E-state index in [2.05, 4.69) is 9.71 Å². The van der Waals surface area contributed by atoms with Gasteiger partial charge in [0.2, 0.25) is 0 Å². The highest BCUT2D eigenvalue weighted by molar-refractivity contribution is 7.91. The van der Waals surface area contributed by atoms with Gasteiger partial charge in [0.15, 0.2) is 11.6 Å². The number of nitrogens with two attached hydrogens (primary N) is 1. The summed E-state index contributed by atoms with van der Waals surface area (Å²) in [6.07, 6.45) is 1.98. The molecule has 0 radical (unpaired) electrons. The molecule has 36 heavy (non-hydrogen) atoms. The van der Waals surface area contributed by atoms with Crippen LogP contribution in [0.2, 0.25) is 0 Å². The molecule has 4 rings (SSSR count). The number of carbonyl (C=O) groups excluding carboxylic acids is 2. The van der Waals surface area contributed by atoms with Crippen molar-refractivity contribution in [1.29, 1.82) is 0 Å². The summed E-state index contributed by atoms with van der Waals surface area (Å²) < 4.78 is 68.7. The summed E-state index contributed by atoms with van der Waals surface area (Å²) in [4.78, 5) is 27.1. The van der Waals surface area contributed by atoms with Crippen molar-refractivity contribution in [3.63, 3.8) is 0 Å². The van der Waals surface area contributed by atoms with Crippen LogP contribution in [0.5, 0.6) is 0 Å². The minimum absolute atomic E-state index is 0.00203. The summed E-state index contributed by atoms with van der Waals surface area (Å²) in [6.45, 7) is 3.78. The number of sulfonamides is 1. The Balaban J connectivity index is 1.86. The molecule has 0 aromatic heterocycles. The minimum atomic E-state index is -4.44. The predicted molar refractivity (Wildman–Crippen MR) is 132 cm³/mol. The quantitative estimate of drug-likeness (QED) is 0.458. The number of benzene rings is 2. The number of hydrogen-bond acceptors (Lipinski definition) is 7. The summed E-state index contributed by atoms with van der Waals surface area (Å²) in [7, 11) is -8.60. The minimum Gasteiger partial charge on any atom is -0.341 e. The second-order valence-electron chi connectivity index (χ2n) is 8.87. The van der Waals surface area contributed by atoms with Crippen LogP contribution in [0.4, 0.5) is 15.8 Å². The topological polar surface area (TPSA) is 165 Å². The van der Waals surface area contributed by atoms with Gasteiger partial charge in [-0.3, -0.25) is 14.3 Å². The van der Waals surface area contributed by atoms with Gasteiger partial charge < -0.3 is 5.32 Å². The molecule has 0 saturated heterocycles. The normalized spacial score (nSPS) is 20.1. The number of anilines is 2. The molecule has 192 valence electrons. The fraction of sp³-hybridized carbons (Fsp3) is 0.348. The van der Waals surface area contributed by atoms with E-state index in [-0.39, 0.29) is 27.7 Å². The summed E-state index contributed by atoms with van der Waals surface area (Å²) in [5, 5.41) is 7.72. The Hall–Kier alpha value is -3.16. The number of amidine groups is 1. The van der Waals surface area contributed by atoms with E-state index in [0.29, 0.717) is 31.2 Å². The fourth-order valence-electron chi connectivity index (χ4n) is 5.09. The Morgan fingerprint density at radius 1 is 1.11 bits per heavy atom. The molecule has 4 N–H and O–H groups in total. The lowest BCUT2D eigenvalue weighted by molar-refractivity contribution is -0.126. The van der Waals surface area contributed by atoms with Crippen molar-refractivity contribution >= 4 is 49.0 Å². The number of nitrogens with one attached hydrogen (secondary N) is 2. The summed E-state index contributed by atoms with van der Waals surface area (Å²) in [6, 6.07) is 7.31. The summed E-state index contributed by atoms with van der Waals surface area (Å²) in [5.41, 5.74) is -0.747. The van der Waals surface area contributed by atoms with Crippen LogP contribution in [0.3, 0.4) is 0 Å². The maximum absolute atomic E-state index is 14.2. The highest BCUT2D eigenvalue weighted by atomic mass is 32.2. The van der Waals surface area contributed by atoms with Crippen LogP contribution in [-0.2, 0) is 30.4 Å². The molecule has 1 unspecified atom stereocenters. The van der Waals surface area contributed by atoms with Gasteiger partial charge in [-0.1, -0.05) is 32.8 Å². The number of Topliss-reactive ketones (excluding diaryl/α,β-unsaturated/α-hetero) is 2. The van der Waals surface area contributed by atoms with Crippen molar-refractivity contribution in [2.24, 2.45) is 15.5 Å². The maximum atomic E-state index is 14.2. The van der Waals surface area contributed by atoms with Gasteiger partial charge in [-0.2, -0.15) is 16.8 Å². The third-order valence-electron chi connectivity index (χ3n) is 6.39. The molecule has 2 aromatic carbocycles. The van der Waals surface area contributed by atoms with Crippen LogP contribution in [0.15, 0.2) is 45.7 Å². The van der Waals surface area contributed by atoms with Gasteiger partial charge in [0, 0.05) is 5.56 Å². The van der Waals surface area contributed by atoms with Gasteiger partial charge in [0.1, 0.15) is 22.5 Å². The van der Waals surface area contributed by atoms with Crippen LogP contribution in [-0.4, -0.2) is 34.2 Å². The van der Waals surface area contributed by atoms with Crippen molar-refractivity contribution in [2.75, 3.05) is 10.0 Å². The molecule has 13 heteroatoms. The van der Waals surface area contributed by atoms with Gasteiger partial charge in [-0.15, -0.1) is 4.40 Å². The molecule has 0 bridgehead atoms. The van der Waals surface area contributed by atoms with Crippen LogP contribution in [0, 0.1) is 11.7 Å². The van der Waals surface area contributed by atoms with E-state index in [9.17, 15) is 30.8 Å². The van der Waals surface area contributed by atoms with Crippen molar-refractivity contribution in [1.82, 2.24) is 0 Å². The summed E-state index contributed by atoms with van der Waals surface area (Å²) in [5.74, 6) is -3.84. The van der Waals surface area contributed by atoms with Gasteiger partial charge >= 0.3 is 0 Å². The Labute approximate surface area is 208 Å². The van der Waals surface area contributed by atoms with E-state index in [0.717, 1.165) is 12.1 Å². The molecular weight excluding hydrogens is 511 g/mol. The lowest BCUT2D eigenvalue weighted by Crippen LogP contribution is -2.52. The highest BCUT2D eigenvalue weighted by Gasteiger charge is 2.53. The first-order valence-electron chi connectivity index (χ1n) is 11.3. The van der Waals surface area contributed by atoms with Crippen molar-refractivity contribution in [3.05, 3.63) is 53.3 Å². The summed E-state index contributed by atoms with van der Waals surface area (Å²) >= 11 is 0. The molecule has 0 fully saturated rings. The number of halogens is 1. The molecule has 10 nitrogen and oxygen atoms in total. The Bertz CT molecular complexity index is 1510. The third kappa shape index (κ3) is 4.42. The van der Waals surface area contributed by atoms with E-state index in [1.165, 1.54) is 24.3 Å². The molecule has 0 amide bonds. The van der Waals surface area contributed by atoms with Gasteiger partial charge in [-0.05, 0) is 48.7 Å². The molecule has 0 saturated carbocycles. The lowest BCUT2D eigenvalue weighted by Gasteiger charge is -2.41. The first kappa shape index (κ1) is 25.9. The number of ketones is 2. The average Bonchev–Trinajstić information content (AvgIpc) is 2.77. The number of carbonyl (C=O) groups is 2. The van der Waals surface area contributed by atoms with Crippen molar-refractivity contribution in [3.8, 4) is 0 Å². The Morgan fingerprint density at radius 2 is 1.78 bits per heavy atom. The fourth-order valence-corrected chi connectivity index (χ4v) is 6.73. The standard InChI is InChI=1S/C23H25FN4O6S2/c1-3-9-23(10-4-2)16-7-5-13(24)11-15(16)20(29)19(21(23)30)22-26-17-8-6-14(27-36(25,33)34)12-18(17)35(31,32)28-22/h5-8,11-12,19,27H,3-4,9-10H2,1-2H3,(H,26,28)(H2,25,33,34). The largest absolute Gasteiger partial charge is 0.341 e. The molecule has 0 spiro atoms. The smallest absolute Gasteiger partial charge is 0.296 e. The second kappa shape index (κ2) is 9.05. The zero-order chi connectivity index (χ0) is 26.5. The van der Waals surface area contributed by atoms with E-state index in [4.69, 9.17) is 5.14 Å². The van der Waals surface area contributed by atoms with Crippen LogP contribution in [0.1, 0.15) is 55.5 Å². The zero-order valence-corrected chi connectivity index (χ0v) is 21.2. The van der Waals surface area contributed by atoms with Crippen LogP contribution < -0.4 is 15.2 Å². The maximum Gasteiger partial charge on any atom is 0.296 e. The van der Waals surface area contributed by atoms with Crippen LogP contribution in [0.25, 0.3) is 0 Å². The Kier molecular flexibility index (Phi) is 6.52. The molecule has 1 heterocycles. The molecule has 1 aliphatic heterocycles. The first-order chi connectivity index (χ1) is 16.8. The number of fused-ring (bicyclic) bond motifs is 2. The molecule has 2 aromatic rings. The molecule has 1 aliphatic carbocycles. The number of nitrogens with zero attached hydrogens (tertiary/aromatic N) is 1. The SMILES string of the molecule is CCCC1(CCC)C(=O)C(C2=NS(=O)(=O)c3cc(NS(N)(=O)=O)ccc3N2)C(=O)c2cc(F)ccc21. The van der Waals surface area contributed by atoms with Gasteiger partial charge in [0.25, 0.3) is 20.2 Å². The van der Waals surface area contributed by atoms with E-state index >= 15 is 0 Å². The average molecular weight is 537 g/mol. The highest BCUT2D eigenvalue weighted by Crippen LogP contribution is 2.45. The zero-order valence-electron chi connectivity index (χ0n) is 19.5. The lowest BCUT2D eigenvalue weighted by atomic mass is 9.60. The van der Waals surface area contributed by atoms with Gasteiger partial charge in [0.05, 0.1) is 16.8 Å². The van der Waals surface area contributed by atoms with Crippen molar-refractivity contribution in [2.45, 2.75) is 49.8 Å². The van der Waals surface area contributed by atoms with E-state index in [1.54, 1.807) is 0 Å². The molecule has 1 atom stereocenters. The first-order valence-corrected chi connectivity index (χ1v) is 14.3. The molecule has 2 aliphatic rings. The third-order valence-corrected chi connectivity index (χ3v) is 8.24. The van der Waals surface area contributed by atoms with Gasteiger partial charge in [-0.25, -0.2) is 9.53 Å². The second-order valence-corrected chi connectivity index (χ2v) is 11.7. The Morgan fingerprint density at radius 3 is 2.39 bits per heavy atom. The van der Waals surface area contributed by atoms with Crippen molar-refractivity contribution < 1.29 is 30.8 Å². The predicted octanol–water partition coefficient (Wildman–Crippen LogP) is 2.87. The van der Waals surface area contributed by atoms with E-state index < -0.39 is 48.9 Å². The molecular formula is C23H25FN4O6S2. The number of hydrogen-bond donors (Lipinski definition) is 3.